The van der Waals surface area contributed by atoms with Crippen LogP contribution in [0.2, 0.25) is 0 Å². The van der Waals surface area contributed by atoms with Gasteiger partial charge in [-0.3, -0.25) is 9.59 Å². The maximum absolute atomic E-state index is 11.9. The van der Waals surface area contributed by atoms with Gasteiger partial charge in [0.25, 0.3) is 0 Å². The molecule has 0 aromatic rings. The van der Waals surface area contributed by atoms with Crippen molar-refractivity contribution in [1.29, 1.82) is 0 Å². The van der Waals surface area contributed by atoms with E-state index in [1.807, 2.05) is 0 Å². The van der Waals surface area contributed by atoms with Gasteiger partial charge in [-0.15, -0.1) is 0 Å². The fourth-order valence-electron chi connectivity index (χ4n) is 1.45. The van der Waals surface area contributed by atoms with Crippen LogP contribution in [-0.2, 0) is 19.4 Å². The summed E-state index contributed by atoms with van der Waals surface area (Å²) >= 11 is 0. The van der Waals surface area contributed by atoms with Crippen molar-refractivity contribution in [2.75, 3.05) is 18.6 Å². The maximum atomic E-state index is 11.9. The summed E-state index contributed by atoms with van der Waals surface area (Å²) < 4.78 is 22.0. The molecule has 0 aromatic carbocycles. The average molecular weight is 279 g/mol. The van der Waals surface area contributed by atoms with Gasteiger partial charge < -0.3 is 10.0 Å². The minimum Gasteiger partial charge on any atom is -0.481 e. The highest BCUT2D eigenvalue weighted by Crippen LogP contribution is 2.15. The zero-order chi connectivity index (χ0) is 14.6. The number of nitrogens with zero attached hydrogens (tertiary/aromatic N) is 1. The molecule has 106 valence electrons. The summed E-state index contributed by atoms with van der Waals surface area (Å²) in [6, 6.07) is 0. The Morgan fingerprint density at radius 1 is 1.17 bits per heavy atom. The number of hydrogen-bond donors (Lipinski definition) is 1. The van der Waals surface area contributed by atoms with Crippen LogP contribution in [0.3, 0.4) is 0 Å². The molecule has 0 aliphatic carbocycles. The first-order valence-electron chi connectivity index (χ1n) is 5.63. The Hall–Kier alpha value is -1.11. The molecule has 0 saturated heterocycles. The Balaban J connectivity index is 4.66. The summed E-state index contributed by atoms with van der Waals surface area (Å²) in [5.74, 6) is -1.54. The topological polar surface area (TPSA) is 91.8 Å². The molecule has 6 nitrogen and oxygen atoms in total. The molecule has 18 heavy (non-hydrogen) atoms. The van der Waals surface area contributed by atoms with Crippen LogP contribution in [0.1, 0.15) is 33.6 Å². The number of carbonyl (C=O) groups is 2. The quantitative estimate of drug-likeness (QED) is 0.765. The molecule has 0 unspecified atom stereocenters. The molecular formula is C11H21NO5S. The van der Waals surface area contributed by atoms with Gasteiger partial charge in [-0.1, -0.05) is 0 Å². The molecule has 0 heterocycles. The summed E-state index contributed by atoms with van der Waals surface area (Å²) in [6.07, 6.45) is 0.802. The molecule has 1 amide bonds. The third-order valence-electron chi connectivity index (χ3n) is 2.35. The standard InChI is InChI=1S/C11H21NO5S/c1-11(2,3)12(7-5-10(14)15)9(13)6-8-18(4,16)17/h5-8H2,1-4H3,(H,14,15). The highest BCUT2D eigenvalue weighted by molar-refractivity contribution is 7.90. The first kappa shape index (κ1) is 16.9. The Morgan fingerprint density at radius 3 is 2.00 bits per heavy atom. The van der Waals surface area contributed by atoms with E-state index in [4.69, 9.17) is 5.11 Å². The van der Waals surface area contributed by atoms with Crippen LogP contribution in [-0.4, -0.2) is 54.4 Å². The molecular weight excluding hydrogens is 258 g/mol. The van der Waals surface area contributed by atoms with Gasteiger partial charge in [0.05, 0.1) is 12.2 Å². The van der Waals surface area contributed by atoms with Crippen LogP contribution >= 0.6 is 0 Å². The Kier molecular flexibility index (Phi) is 5.79. The van der Waals surface area contributed by atoms with Crippen LogP contribution in [0.15, 0.2) is 0 Å². The van der Waals surface area contributed by atoms with E-state index in [-0.39, 0.29) is 31.0 Å². The molecule has 0 fully saturated rings. The first-order chi connectivity index (χ1) is 7.93. The summed E-state index contributed by atoms with van der Waals surface area (Å²) in [4.78, 5) is 23.9. The van der Waals surface area contributed by atoms with E-state index in [2.05, 4.69) is 0 Å². The smallest absolute Gasteiger partial charge is 0.305 e. The number of rotatable bonds is 6. The normalized spacial score (nSPS) is 12.2. The highest BCUT2D eigenvalue weighted by Gasteiger charge is 2.27. The Labute approximate surface area is 108 Å². The lowest BCUT2D eigenvalue weighted by atomic mass is 10.0. The van der Waals surface area contributed by atoms with Gasteiger partial charge in [-0.05, 0) is 20.8 Å². The number of sulfone groups is 1. The van der Waals surface area contributed by atoms with Gasteiger partial charge in [0.2, 0.25) is 5.91 Å². The molecule has 0 rings (SSSR count). The Bertz CT molecular complexity index is 408. The van der Waals surface area contributed by atoms with E-state index in [0.29, 0.717) is 0 Å². The third kappa shape index (κ3) is 7.26. The van der Waals surface area contributed by atoms with E-state index in [0.717, 1.165) is 6.26 Å². The van der Waals surface area contributed by atoms with Crippen LogP contribution in [0, 0.1) is 0 Å². The number of carboxylic acid groups (broad SMARTS) is 1. The molecule has 0 atom stereocenters. The lowest BCUT2D eigenvalue weighted by molar-refractivity contribution is -0.140. The van der Waals surface area contributed by atoms with Crippen molar-refractivity contribution in [3.8, 4) is 0 Å². The lowest BCUT2D eigenvalue weighted by Crippen LogP contribution is -2.47. The van der Waals surface area contributed by atoms with Gasteiger partial charge >= 0.3 is 5.97 Å². The second-order valence-electron chi connectivity index (χ2n) is 5.24. The first-order valence-corrected chi connectivity index (χ1v) is 7.69. The molecule has 0 aliphatic heterocycles. The molecule has 0 radical (unpaired) electrons. The van der Waals surface area contributed by atoms with Crippen molar-refractivity contribution < 1.29 is 23.1 Å². The highest BCUT2D eigenvalue weighted by atomic mass is 32.2. The summed E-state index contributed by atoms with van der Waals surface area (Å²) in [5, 5.41) is 8.64. The molecule has 7 heteroatoms. The zero-order valence-corrected chi connectivity index (χ0v) is 12.1. The van der Waals surface area contributed by atoms with Gasteiger partial charge in [0, 0.05) is 24.8 Å². The van der Waals surface area contributed by atoms with Crippen LogP contribution < -0.4 is 0 Å². The Morgan fingerprint density at radius 2 is 1.67 bits per heavy atom. The van der Waals surface area contributed by atoms with Crippen molar-refractivity contribution in [1.82, 2.24) is 4.90 Å². The van der Waals surface area contributed by atoms with Gasteiger partial charge in [-0.2, -0.15) is 0 Å². The number of amides is 1. The summed E-state index contributed by atoms with van der Waals surface area (Å²) in [6.45, 7) is 5.44. The summed E-state index contributed by atoms with van der Waals surface area (Å²) in [7, 11) is -3.19. The molecule has 0 aromatic heterocycles. The second-order valence-corrected chi connectivity index (χ2v) is 7.50. The number of carbonyl (C=O) groups excluding carboxylic acids is 1. The number of hydrogen-bond acceptors (Lipinski definition) is 4. The van der Waals surface area contributed by atoms with Gasteiger partial charge in [0.1, 0.15) is 9.84 Å². The van der Waals surface area contributed by atoms with Crippen molar-refractivity contribution in [2.45, 2.75) is 39.2 Å². The van der Waals surface area contributed by atoms with E-state index >= 15 is 0 Å². The molecule has 0 bridgehead atoms. The van der Waals surface area contributed by atoms with Crippen molar-refractivity contribution in [3.05, 3.63) is 0 Å². The van der Waals surface area contributed by atoms with Crippen LogP contribution in [0.5, 0.6) is 0 Å². The minimum atomic E-state index is -3.19. The summed E-state index contributed by atoms with van der Waals surface area (Å²) in [5.41, 5.74) is -0.524. The van der Waals surface area contributed by atoms with Crippen LogP contribution in [0.25, 0.3) is 0 Å². The van der Waals surface area contributed by atoms with E-state index in [1.54, 1.807) is 20.8 Å². The van der Waals surface area contributed by atoms with Crippen molar-refractivity contribution >= 4 is 21.7 Å². The monoisotopic (exact) mass is 279 g/mol. The second kappa shape index (κ2) is 6.17. The number of carboxylic acids is 1. The SMILES string of the molecule is CC(C)(C)N(CCC(=O)O)C(=O)CCS(C)(=O)=O. The lowest BCUT2D eigenvalue weighted by Gasteiger charge is -2.35. The van der Waals surface area contributed by atoms with E-state index < -0.39 is 21.3 Å². The van der Waals surface area contributed by atoms with Gasteiger partial charge in [-0.25, -0.2) is 8.42 Å². The van der Waals surface area contributed by atoms with E-state index in [1.165, 1.54) is 4.90 Å². The molecule has 0 spiro atoms. The number of aliphatic carboxylic acids is 1. The van der Waals surface area contributed by atoms with Crippen molar-refractivity contribution in [2.24, 2.45) is 0 Å². The largest absolute Gasteiger partial charge is 0.481 e. The average Bonchev–Trinajstić information content (AvgIpc) is 2.11. The third-order valence-corrected chi connectivity index (χ3v) is 3.29. The zero-order valence-electron chi connectivity index (χ0n) is 11.3. The van der Waals surface area contributed by atoms with E-state index in [9.17, 15) is 18.0 Å². The van der Waals surface area contributed by atoms with Crippen molar-refractivity contribution in [3.63, 3.8) is 0 Å². The van der Waals surface area contributed by atoms with Crippen LogP contribution in [0.4, 0.5) is 0 Å². The molecule has 0 saturated carbocycles. The predicted octanol–water partition coefficient (Wildman–Crippen LogP) is 0.523. The fraction of sp³-hybridized carbons (Fsp3) is 0.818. The fourth-order valence-corrected chi connectivity index (χ4v) is 1.99. The molecule has 1 N–H and O–H groups in total. The van der Waals surface area contributed by atoms with Gasteiger partial charge in [0.15, 0.2) is 0 Å². The predicted molar refractivity (Wildman–Crippen MR) is 68.0 cm³/mol. The molecule has 0 aliphatic rings. The minimum absolute atomic E-state index is 0.0848. The maximum Gasteiger partial charge on any atom is 0.305 e.